The number of amides is 1. The standard InChI is InChI=1S/C17H22N4O3S/c1-13-15(19-16(18-13)14-7-4-3-5-8-14)17(22)20-9-6-10-21(12-11-20)25(2,23)24/h3-5,7-8H,6,9-12H2,1-2H3,(H,18,19). The van der Waals surface area contributed by atoms with Crippen molar-refractivity contribution in [2.45, 2.75) is 13.3 Å². The number of nitrogens with one attached hydrogen (secondary N) is 1. The number of hydrogen-bond donors (Lipinski definition) is 1. The smallest absolute Gasteiger partial charge is 0.274 e. The molecule has 0 saturated carbocycles. The van der Waals surface area contributed by atoms with Crippen molar-refractivity contribution in [2.75, 3.05) is 32.4 Å². The van der Waals surface area contributed by atoms with E-state index in [0.717, 1.165) is 5.56 Å². The molecule has 3 rings (SSSR count). The third-order valence-electron chi connectivity index (χ3n) is 4.35. The minimum absolute atomic E-state index is 0.161. The summed E-state index contributed by atoms with van der Waals surface area (Å²) in [5.41, 5.74) is 2.03. The Morgan fingerprint density at radius 1 is 1.12 bits per heavy atom. The predicted octanol–water partition coefficient (Wildman–Crippen LogP) is 1.49. The van der Waals surface area contributed by atoms with Gasteiger partial charge in [0.1, 0.15) is 11.5 Å². The number of sulfonamides is 1. The van der Waals surface area contributed by atoms with Gasteiger partial charge in [-0.1, -0.05) is 30.3 Å². The number of carbonyl (C=O) groups excluding carboxylic acids is 1. The number of rotatable bonds is 3. The third kappa shape index (κ3) is 3.91. The van der Waals surface area contributed by atoms with E-state index in [1.165, 1.54) is 10.6 Å². The molecule has 0 aliphatic carbocycles. The van der Waals surface area contributed by atoms with Gasteiger partial charge in [0.15, 0.2) is 0 Å². The van der Waals surface area contributed by atoms with Crippen molar-refractivity contribution in [1.82, 2.24) is 19.2 Å². The Hall–Kier alpha value is -2.19. The van der Waals surface area contributed by atoms with Gasteiger partial charge in [0.2, 0.25) is 10.0 Å². The average molecular weight is 362 g/mol. The molecule has 0 spiro atoms. The fourth-order valence-electron chi connectivity index (χ4n) is 2.98. The van der Waals surface area contributed by atoms with Crippen molar-refractivity contribution in [1.29, 1.82) is 0 Å². The monoisotopic (exact) mass is 362 g/mol. The molecule has 0 unspecified atom stereocenters. The molecule has 134 valence electrons. The largest absolute Gasteiger partial charge is 0.341 e. The van der Waals surface area contributed by atoms with E-state index in [1.807, 2.05) is 37.3 Å². The van der Waals surface area contributed by atoms with E-state index in [-0.39, 0.29) is 5.91 Å². The van der Waals surface area contributed by atoms with Crippen LogP contribution in [0.15, 0.2) is 30.3 Å². The van der Waals surface area contributed by atoms with Crippen LogP contribution in [0.2, 0.25) is 0 Å². The van der Waals surface area contributed by atoms with Crippen LogP contribution in [-0.4, -0.2) is 65.9 Å². The Labute approximate surface area is 147 Å². The van der Waals surface area contributed by atoms with Gasteiger partial charge in [0.25, 0.3) is 5.91 Å². The van der Waals surface area contributed by atoms with E-state index < -0.39 is 10.0 Å². The predicted molar refractivity (Wildman–Crippen MR) is 95.7 cm³/mol. The highest BCUT2D eigenvalue weighted by Gasteiger charge is 2.26. The van der Waals surface area contributed by atoms with E-state index in [0.29, 0.717) is 49.8 Å². The van der Waals surface area contributed by atoms with Gasteiger partial charge in [-0.25, -0.2) is 17.7 Å². The summed E-state index contributed by atoms with van der Waals surface area (Å²) in [5.74, 6) is 0.500. The second kappa shape index (κ2) is 6.97. The van der Waals surface area contributed by atoms with Crippen molar-refractivity contribution in [2.24, 2.45) is 0 Å². The van der Waals surface area contributed by atoms with Crippen molar-refractivity contribution in [3.05, 3.63) is 41.7 Å². The first kappa shape index (κ1) is 17.6. The molecular formula is C17H22N4O3S. The summed E-state index contributed by atoms with van der Waals surface area (Å²) in [6.45, 7) is 3.49. The molecule has 1 aliphatic heterocycles. The zero-order chi connectivity index (χ0) is 18.0. The summed E-state index contributed by atoms with van der Waals surface area (Å²) in [4.78, 5) is 22.2. The Bertz CT molecular complexity index is 861. The van der Waals surface area contributed by atoms with Crippen LogP contribution < -0.4 is 0 Å². The highest BCUT2D eigenvalue weighted by Crippen LogP contribution is 2.19. The molecule has 2 aromatic rings. The van der Waals surface area contributed by atoms with Gasteiger partial charge < -0.3 is 9.88 Å². The summed E-state index contributed by atoms with van der Waals surface area (Å²) >= 11 is 0. The Morgan fingerprint density at radius 3 is 2.52 bits per heavy atom. The summed E-state index contributed by atoms with van der Waals surface area (Å²) in [7, 11) is -3.23. The molecule has 0 bridgehead atoms. The van der Waals surface area contributed by atoms with Crippen molar-refractivity contribution in [3.8, 4) is 11.4 Å². The molecule has 1 amide bonds. The average Bonchev–Trinajstić information content (AvgIpc) is 2.80. The molecule has 1 N–H and O–H groups in total. The topological polar surface area (TPSA) is 86.4 Å². The molecule has 0 atom stereocenters. The molecule has 25 heavy (non-hydrogen) atoms. The van der Waals surface area contributed by atoms with Crippen LogP contribution in [0, 0.1) is 6.92 Å². The van der Waals surface area contributed by atoms with Gasteiger partial charge >= 0.3 is 0 Å². The third-order valence-corrected chi connectivity index (χ3v) is 5.65. The summed E-state index contributed by atoms with van der Waals surface area (Å²) < 4.78 is 24.8. The van der Waals surface area contributed by atoms with Crippen LogP contribution in [-0.2, 0) is 10.0 Å². The summed E-state index contributed by atoms with van der Waals surface area (Å²) in [6.07, 6.45) is 1.82. The maximum absolute atomic E-state index is 12.8. The van der Waals surface area contributed by atoms with Crippen LogP contribution in [0.5, 0.6) is 0 Å². The molecule has 0 radical (unpaired) electrons. The van der Waals surface area contributed by atoms with Crippen LogP contribution in [0.25, 0.3) is 11.4 Å². The Kier molecular flexibility index (Phi) is 4.91. The van der Waals surface area contributed by atoms with E-state index in [4.69, 9.17) is 0 Å². The number of aromatic amines is 1. The Balaban J connectivity index is 1.78. The minimum atomic E-state index is -3.23. The fraction of sp³-hybridized carbons (Fsp3) is 0.412. The first-order valence-electron chi connectivity index (χ1n) is 8.22. The first-order valence-corrected chi connectivity index (χ1v) is 10.1. The number of benzene rings is 1. The maximum Gasteiger partial charge on any atom is 0.274 e. The van der Waals surface area contributed by atoms with E-state index >= 15 is 0 Å². The number of hydrogen-bond acceptors (Lipinski definition) is 4. The van der Waals surface area contributed by atoms with Gasteiger partial charge in [-0.2, -0.15) is 0 Å². The molecule has 1 fully saturated rings. The minimum Gasteiger partial charge on any atom is -0.341 e. The number of H-pyrrole nitrogens is 1. The number of imidazole rings is 1. The highest BCUT2D eigenvalue weighted by atomic mass is 32.2. The van der Waals surface area contributed by atoms with Crippen molar-refractivity contribution < 1.29 is 13.2 Å². The number of aromatic nitrogens is 2. The zero-order valence-corrected chi connectivity index (χ0v) is 15.2. The lowest BCUT2D eigenvalue weighted by Gasteiger charge is -2.20. The zero-order valence-electron chi connectivity index (χ0n) is 14.4. The summed E-state index contributed by atoms with van der Waals surface area (Å²) in [5, 5.41) is 0. The van der Waals surface area contributed by atoms with Crippen LogP contribution in [0.3, 0.4) is 0 Å². The highest BCUT2D eigenvalue weighted by molar-refractivity contribution is 7.88. The molecule has 1 saturated heterocycles. The molecule has 2 heterocycles. The molecule has 1 aromatic carbocycles. The molecule has 1 aliphatic rings. The van der Waals surface area contributed by atoms with Crippen molar-refractivity contribution in [3.63, 3.8) is 0 Å². The number of aryl methyl sites for hydroxylation is 1. The molecule has 7 nitrogen and oxygen atoms in total. The van der Waals surface area contributed by atoms with Crippen LogP contribution in [0.4, 0.5) is 0 Å². The lowest BCUT2D eigenvalue weighted by Crippen LogP contribution is -2.37. The fourth-order valence-corrected chi connectivity index (χ4v) is 3.85. The van der Waals surface area contributed by atoms with Gasteiger partial charge in [-0.15, -0.1) is 0 Å². The quantitative estimate of drug-likeness (QED) is 0.896. The van der Waals surface area contributed by atoms with E-state index in [1.54, 1.807) is 4.90 Å². The van der Waals surface area contributed by atoms with Gasteiger partial charge in [-0.3, -0.25) is 4.79 Å². The lowest BCUT2D eigenvalue weighted by molar-refractivity contribution is 0.0758. The van der Waals surface area contributed by atoms with Crippen LogP contribution in [0.1, 0.15) is 22.6 Å². The number of carbonyl (C=O) groups is 1. The Morgan fingerprint density at radius 2 is 1.84 bits per heavy atom. The van der Waals surface area contributed by atoms with Crippen LogP contribution >= 0.6 is 0 Å². The molecular weight excluding hydrogens is 340 g/mol. The second-order valence-electron chi connectivity index (χ2n) is 6.23. The summed E-state index contributed by atoms with van der Waals surface area (Å²) in [6, 6.07) is 9.63. The van der Waals surface area contributed by atoms with Gasteiger partial charge in [0.05, 0.1) is 6.26 Å². The van der Waals surface area contributed by atoms with E-state index in [2.05, 4.69) is 9.97 Å². The normalized spacial score (nSPS) is 16.6. The first-order chi connectivity index (χ1) is 11.9. The maximum atomic E-state index is 12.8. The second-order valence-corrected chi connectivity index (χ2v) is 8.22. The molecule has 8 heteroatoms. The van der Waals surface area contributed by atoms with Gasteiger partial charge in [-0.05, 0) is 13.3 Å². The SMILES string of the molecule is Cc1[nH]c(-c2ccccc2)nc1C(=O)N1CCCN(S(C)(=O)=O)CC1. The molecule has 1 aromatic heterocycles. The lowest BCUT2D eigenvalue weighted by atomic mass is 10.2. The van der Waals surface area contributed by atoms with Gasteiger partial charge in [0, 0.05) is 37.4 Å². The van der Waals surface area contributed by atoms with Crippen molar-refractivity contribution >= 4 is 15.9 Å². The van der Waals surface area contributed by atoms with E-state index in [9.17, 15) is 13.2 Å². The number of nitrogens with zero attached hydrogens (tertiary/aromatic N) is 3.